The van der Waals surface area contributed by atoms with Gasteiger partial charge in [-0.25, -0.2) is 9.59 Å². The second-order valence-corrected chi connectivity index (χ2v) is 18.8. The summed E-state index contributed by atoms with van der Waals surface area (Å²) in [5.41, 5.74) is 5.79. The molecule has 70 heavy (non-hydrogen) atoms. The van der Waals surface area contributed by atoms with Crippen molar-refractivity contribution in [2.24, 2.45) is 35.3 Å². The fourth-order valence-corrected chi connectivity index (χ4v) is 6.61. The maximum atomic E-state index is 13.7. The van der Waals surface area contributed by atoms with Gasteiger partial charge in [-0.1, -0.05) is 82.1 Å². The number of aliphatic hydroxyl groups is 1. The van der Waals surface area contributed by atoms with Crippen molar-refractivity contribution in [1.29, 1.82) is 0 Å². The number of aliphatic hydroxyl groups excluding tert-OH is 1. The van der Waals surface area contributed by atoms with Crippen LogP contribution in [0.5, 0.6) is 0 Å². The van der Waals surface area contributed by atoms with E-state index in [0.717, 1.165) is 0 Å². The third-order valence-corrected chi connectivity index (χ3v) is 11.3. The molecule has 25 nitrogen and oxygen atoms in total. The second-order valence-electron chi connectivity index (χ2n) is 18.8. The molecule has 0 spiro atoms. The van der Waals surface area contributed by atoms with E-state index in [1.54, 1.807) is 69.2 Å². The Morgan fingerprint density at radius 1 is 0.500 bits per heavy atom. The molecule has 10 amide bonds. The normalized spacial score (nSPS) is 16.0. The number of carboxylic acid groups (broad SMARTS) is 2. The summed E-state index contributed by atoms with van der Waals surface area (Å²) in [7, 11) is 0. The smallest absolute Gasteiger partial charge is 0.326 e. The number of hydrogen-bond acceptors (Lipinski definition) is 13. The van der Waals surface area contributed by atoms with E-state index in [0.29, 0.717) is 12.8 Å². The predicted molar refractivity (Wildman–Crippen MR) is 256 cm³/mol. The van der Waals surface area contributed by atoms with Gasteiger partial charge in [-0.2, -0.15) is 0 Å². The number of rotatable bonds is 32. The fraction of sp³-hybridized carbons (Fsp3) is 0.756. The molecule has 15 N–H and O–H groups in total. The Labute approximate surface area is 410 Å². The van der Waals surface area contributed by atoms with Crippen molar-refractivity contribution in [2.45, 2.75) is 176 Å². The number of amides is 10. The van der Waals surface area contributed by atoms with E-state index in [-0.39, 0.29) is 37.5 Å². The predicted octanol–water partition coefficient (Wildman–Crippen LogP) is -1.73. The van der Waals surface area contributed by atoms with Crippen LogP contribution in [0.3, 0.4) is 0 Å². The van der Waals surface area contributed by atoms with Crippen molar-refractivity contribution in [3.05, 3.63) is 0 Å². The van der Waals surface area contributed by atoms with Crippen LogP contribution in [0.4, 0.5) is 4.79 Å². The molecule has 11 atom stereocenters. The van der Waals surface area contributed by atoms with Crippen LogP contribution >= 0.6 is 0 Å². The molecule has 0 rings (SSSR count). The first-order chi connectivity index (χ1) is 32.5. The van der Waals surface area contributed by atoms with Gasteiger partial charge in [0.15, 0.2) is 0 Å². The van der Waals surface area contributed by atoms with Gasteiger partial charge >= 0.3 is 18.0 Å². The van der Waals surface area contributed by atoms with Crippen molar-refractivity contribution in [1.82, 2.24) is 53.2 Å². The number of urea groups is 1. The first kappa shape index (κ1) is 63.9. The molecule has 0 aromatic carbocycles. The molecule has 0 aliphatic carbocycles. The van der Waals surface area contributed by atoms with Gasteiger partial charge in [0, 0.05) is 6.42 Å². The molecule has 0 aromatic rings. The summed E-state index contributed by atoms with van der Waals surface area (Å²) in [5, 5.41) is 53.6. The quantitative estimate of drug-likeness (QED) is 0.0333. The van der Waals surface area contributed by atoms with Gasteiger partial charge in [-0.3, -0.25) is 43.2 Å². The number of carbonyl (C=O) groups excluding carboxylic acids is 9. The van der Waals surface area contributed by atoms with Crippen LogP contribution < -0.4 is 58.9 Å². The fourth-order valence-electron chi connectivity index (χ4n) is 6.61. The lowest BCUT2D eigenvalue weighted by Gasteiger charge is -2.29. The molecule has 0 unspecified atom stereocenters. The summed E-state index contributed by atoms with van der Waals surface area (Å²) in [6, 6.07) is -10.8. The van der Waals surface area contributed by atoms with Gasteiger partial charge in [0.05, 0.1) is 25.4 Å². The Bertz CT molecular complexity index is 1800. The number of aliphatic carboxylic acids is 2. The van der Waals surface area contributed by atoms with E-state index in [9.17, 15) is 63.0 Å². The summed E-state index contributed by atoms with van der Waals surface area (Å²) in [5.74, 6) is -10.3. The van der Waals surface area contributed by atoms with E-state index < -0.39 is 151 Å². The zero-order valence-corrected chi connectivity index (χ0v) is 42.6. The Morgan fingerprint density at radius 3 is 1.43 bits per heavy atom. The van der Waals surface area contributed by atoms with Crippen LogP contribution in [0.1, 0.15) is 122 Å². The summed E-state index contributed by atoms with van der Waals surface area (Å²) in [6.45, 7) is 18.8. The molecule has 0 aliphatic rings. The highest BCUT2D eigenvalue weighted by Gasteiger charge is 2.36. The third-order valence-electron chi connectivity index (χ3n) is 11.3. The van der Waals surface area contributed by atoms with Gasteiger partial charge in [-0.15, -0.1) is 0 Å². The average Bonchev–Trinajstić information content (AvgIpc) is 3.26. The van der Waals surface area contributed by atoms with Gasteiger partial charge < -0.3 is 74.2 Å². The molecule has 0 saturated carbocycles. The largest absolute Gasteiger partial charge is 0.481 e. The Morgan fingerprint density at radius 2 is 0.971 bits per heavy atom. The van der Waals surface area contributed by atoms with Crippen LogP contribution in [0.25, 0.3) is 0 Å². The molecular weight excluding hydrogens is 919 g/mol. The lowest BCUT2D eigenvalue weighted by molar-refractivity contribution is -0.144. The summed E-state index contributed by atoms with van der Waals surface area (Å²) < 4.78 is 0. The highest BCUT2D eigenvalue weighted by Crippen LogP contribution is 2.13. The lowest BCUT2D eigenvalue weighted by Crippen LogP contribution is -2.61. The van der Waals surface area contributed by atoms with E-state index in [2.05, 4.69) is 53.2 Å². The molecular formula is C45H81N11O14. The Kier molecular flexibility index (Phi) is 29.1. The van der Waals surface area contributed by atoms with Crippen LogP contribution in [-0.4, -0.2) is 148 Å². The summed E-state index contributed by atoms with van der Waals surface area (Å²) in [6.07, 6.45) is -0.874. The van der Waals surface area contributed by atoms with Crippen LogP contribution in [0.2, 0.25) is 0 Å². The molecule has 0 aliphatic heterocycles. The van der Waals surface area contributed by atoms with E-state index in [1.807, 2.05) is 0 Å². The van der Waals surface area contributed by atoms with E-state index in [1.165, 1.54) is 13.8 Å². The molecule has 0 heterocycles. The van der Waals surface area contributed by atoms with Gasteiger partial charge in [0.1, 0.15) is 42.3 Å². The molecule has 0 aromatic heterocycles. The third kappa shape index (κ3) is 23.9. The van der Waals surface area contributed by atoms with Crippen LogP contribution in [-0.2, 0) is 47.9 Å². The average molecular weight is 1000 g/mol. The van der Waals surface area contributed by atoms with Gasteiger partial charge in [0.25, 0.3) is 0 Å². The first-order valence-electron chi connectivity index (χ1n) is 23.8. The molecule has 0 saturated heterocycles. The number of nitrogens with two attached hydrogens (primary N) is 1. The summed E-state index contributed by atoms with van der Waals surface area (Å²) in [4.78, 5) is 141. The Hall–Kier alpha value is -6.11. The monoisotopic (exact) mass is 1000 g/mol. The standard InChI is InChI=1S/C45H81N11O14/c1-13-24(9)34(53-31(58)19-47-37(61)26(11)50-39(63)29(17-21(3)4)51-38(62)28(46)15-16-32(59)60)41(65)48-20-49-45(70)56-35(25(10)14-2)42(66)52-30(18-22(5)6)40(64)55-36(27(12)57)43(67)54-33(23(7)8)44(68)69/h21-30,33-36,57H,13-20,46H2,1-12H3,(H,47,61)(H,48,65)(H,50,63)(H,51,62)(H,52,66)(H,53,58)(H,54,67)(H,55,64)(H,59,60)(H,68,69)(H2,49,56,70)/t24-,25-,26-,27+,28-,29-,30-,33-,34-,35-,36-/m0/s1. The molecule has 0 bridgehead atoms. The van der Waals surface area contributed by atoms with Crippen molar-refractivity contribution >= 4 is 65.2 Å². The molecule has 25 heteroatoms. The number of carboxylic acids is 2. The Balaban J connectivity index is 5.65. The SMILES string of the molecule is CC[C@H](C)[C@H](NC(=O)CNC(=O)[C@H](C)NC(=O)[C@H](CC(C)C)NC(=O)[C@@H](N)CCC(=O)O)C(=O)NCNC(=O)N[C@H](C(=O)N[C@@H](CC(C)C)C(=O)N[C@H](C(=O)N[C@H](C(=O)O)C(C)C)[C@@H](C)O)[C@@H](C)CC. The van der Waals surface area contributed by atoms with Crippen molar-refractivity contribution in [2.75, 3.05) is 13.2 Å². The minimum Gasteiger partial charge on any atom is -0.481 e. The minimum atomic E-state index is -1.57. The zero-order valence-electron chi connectivity index (χ0n) is 42.6. The van der Waals surface area contributed by atoms with Crippen molar-refractivity contribution in [3.63, 3.8) is 0 Å². The van der Waals surface area contributed by atoms with E-state index >= 15 is 0 Å². The zero-order chi connectivity index (χ0) is 54.2. The second kappa shape index (κ2) is 31.9. The van der Waals surface area contributed by atoms with Crippen LogP contribution in [0, 0.1) is 29.6 Å². The summed E-state index contributed by atoms with van der Waals surface area (Å²) >= 11 is 0. The number of nitrogens with one attached hydrogen (secondary N) is 10. The van der Waals surface area contributed by atoms with Gasteiger partial charge in [0.2, 0.25) is 47.3 Å². The minimum absolute atomic E-state index is 0.0731. The number of hydrogen-bond donors (Lipinski definition) is 14. The van der Waals surface area contributed by atoms with E-state index in [4.69, 9.17) is 10.8 Å². The first-order valence-corrected chi connectivity index (χ1v) is 23.8. The molecule has 400 valence electrons. The highest BCUT2D eigenvalue weighted by atomic mass is 16.4. The lowest BCUT2D eigenvalue weighted by atomic mass is 9.96. The van der Waals surface area contributed by atoms with Crippen LogP contribution in [0.15, 0.2) is 0 Å². The maximum Gasteiger partial charge on any atom is 0.326 e. The van der Waals surface area contributed by atoms with Gasteiger partial charge in [-0.05, 0) is 62.7 Å². The highest BCUT2D eigenvalue weighted by molar-refractivity contribution is 5.96. The number of carbonyl (C=O) groups is 11. The molecule has 0 radical (unpaired) electrons. The molecule has 0 fully saturated rings. The van der Waals surface area contributed by atoms with Crippen molar-refractivity contribution in [3.8, 4) is 0 Å². The van der Waals surface area contributed by atoms with Crippen molar-refractivity contribution < 1.29 is 68.1 Å². The topological polar surface area (TPSA) is 395 Å². The maximum absolute atomic E-state index is 13.7.